The van der Waals surface area contributed by atoms with Crippen LogP contribution in [0.25, 0.3) is 5.57 Å². The van der Waals surface area contributed by atoms with Crippen LogP contribution in [0.5, 0.6) is 0 Å². The molecule has 2 unspecified atom stereocenters. The van der Waals surface area contributed by atoms with Crippen molar-refractivity contribution in [3.63, 3.8) is 0 Å². The zero-order chi connectivity index (χ0) is 23.0. The lowest BCUT2D eigenvalue weighted by Gasteiger charge is -2.20. The molecule has 1 aliphatic rings. The van der Waals surface area contributed by atoms with Gasteiger partial charge in [-0.1, -0.05) is 37.0 Å². The number of likely N-dealkylation sites (tertiary alicyclic amines) is 1. The SMILES string of the molecule is C=C/C(=C\C=C(\C)CC(=N)/C(=C/C(=C)N1CCC(C(C)O)C1)N=CN)c1cnn(C)c1. The number of aromatic nitrogens is 2. The van der Waals surface area contributed by atoms with Crippen LogP contribution in [0.2, 0.25) is 0 Å². The summed E-state index contributed by atoms with van der Waals surface area (Å²) in [6.07, 6.45) is 13.5. The molecular weight excluding hydrogens is 388 g/mol. The molecule has 0 saturated carbocycles. The summed E-state index contributed by atoms with van der Waals surface area (Å²) in [5.41, 5.74) is 10.1. The van der Waals surface area contributed by atoms with E-state index in [1.165, 1.54) is 6.34 Å². The Hall–Kier alpha value is -3.19. The Labute approximate surface area is 185 Å². The molecule has 1 aromatic rings. The lowest BCUT2D eigenvalue weighted by atomic mass is 10.0. The molecule has 0 bridgehead atoms. The predicted octanol–water partition coefficient (Wildman–Crippen LogP) is 3.43. The smallest absolute Gasteiger partial charge is 0.0878 e. The van der Waals surface area contributed by atoms with Crippen molar-refractivity contribution < 1.29 is 5.11 Å². The molecule has 2 rings (SSSR count). The molecule has 4 N–H and O–H groups in total. The second-order valence-corrected chi connectivity index (χ2v) is 7.93. The van der Waals surface area contributed by atoms with Gasteiger partial charge >= 0.3 is 0 Å². The molecule has 1 fully saturated rings. The summed E-state index contributed by atoms with van der Waals surface area (Å²) in [6.45, 7) is 13.4. The highest BCUT2D eigenvalue weighted by Gasteiger charge is 2.26. The molecule has 1 aromatic heterocycles. The van der Waals surface area contributed by atoms with Crippen LogP contribution in [0.4, 0.5) is 0 Å². The van der Waals surface area contributed by atoms with Crippen LogP contribution in [-0.4, -0.2) is 51.0 Å². The van der Waals surface area contributed by atoms with Gasteiger partial charge in [0.15, 0.2) is 0 Å². The molecular formula is C24H34N6O. The molecule has 7 heteroatoms. The van der Waals surface area contributed by atoms with Gasteiger partial charge in [-0.2, -0.15) is 5.10 Å². The third-order valence-corrected chi connectivity index (χ3v) is 5.40. The molecule has 0 radical (unpaired) electrons. The Kier molecular flexibility index (Phi) is 8.75. The largest absolute Gasteiger partial charge is 0.393 e. The zero-order valence-corrected chi connectivity index (χ0v) is 18.8. The lowest BCUT2D eigenvalue weighted by molar-refractivity contribution is 0.131. The first-order chi connectivity index (χ1) is 14.7. The van der Waals surface area contributed by atoms with E-state index in [4.69, 9.17) is 11.1 Å². The third-order valence-electron chi connectivity index (χ3n) is 5.40. The second-order valence-electron chi connectivity index (χ2n) is 7.93. The first-order valence-corrected chi connectivity index (χ1v) is 10.4. The monoisotopic (exact) mass is 422 g/mol. The molecule has 0 amide bonds. The molecule has 2 atom stereocenters. The summed E-state index contributed by atoms with van der Waals surface area (Å²) >= 11 is 0. The van der Waals surface area contributed by atoms with Crippen molar-refractivity contribution in [2.24, 2.45) is 23.7 Å². The van der Waals surface area contributed by atoms with Gasteiger partial charge in [0.2, 0.25) is 0 Å². The molecule has 2 heterocycles. The minimum Gasteiger partial charge on any atom is -0.393 e. The van der Waals surface area contributed by atoms with Crippen LogP contribution in [0, 0.1) is 11.3 Å². The first kappa shape index (κ1) is 24.1. The standard InChI is InChI=1S/C24H34N6O/c1-6-20(22-13-28-29(5)14-22)8-7-17(2)11-23(26)24(27-16-25)12-18(3)30-10-9-21(15-30)19(4)31/h6-8,12-14,16,19,21,26,31H,1,3,9-11,15H2,2,4-5H3,(H2,25,27)/b17-7-,20-8+,24-12-,26-23?. The van der Waals surface area contributed by atoms with Gasteiger partial charge in [0.25, 0.3) is 0 Å². The van der Waals surface area contributed by atoms with E-state index in [9.17, 15) is 5.11 Å². The second kappa shape index (κ2) is 11.3. The van der Waals surface area contributed by atoms with E-state index < -0.39 is 0 Å². The first-order valence-electron chi connectivity index (χ1n) is 10.4. The Balaban J connectivity index is 2.09. The van der Waals surface area contributed by atoms with Crippen molar-refractivity contribution in [2.45, 2.75) is 32.8 Å². The van der Waals surface area contributed by atoms with E-state index in [1.807, 2.05) is 39.2 Å². The van der Waals surface area contributed by atoms with Gasteiger partial charge in [-0.15, -0.1) is 0 Å². The lowest BCUT2D eigenvalue weighted by Crippen LogP contribution is -2.23. The van der Waals surface area contributed by atoms with Crippen LogP contribution in [0.3, 0.4) is 0 Å². The van der Waals surface area contributed by atoms with Crippen LogP contribution < -0.4 is 5.73 Å². The molecule has 0 aromatic carbocycles. The fraction of sp³-hybridized carbons (Fsp3) is 0.375. The number of hydrogen-bond acceptors (Lipinski definition) is 5. The minimum absolute atomic E-state index is 0.238. The van der Waals surface area contributed by atoms with Gasteiger partial charge < -0.3 is 21.1 Å². The highest BCUT2D eigenvalue weighted by molar-refractivity contribution is 6.00. The predicted molar refractivity (Wildman–Crippen MR) is 129 cm³/mol. The number of aliphatic hydroxyl groups is 1. The molecule has 7 nitrogen and oxygen atoms in total. The van der Waals surface area contributed by atoms with Gasteiger partial charge in [-0.05, 0) is 31.9 Å². The highest BCUT2D eigenvalue weighted by atomic mass is 16.3. The minimum atomic E-state index is -0.338. The van der Waals surface area contributed by atoms with Crippen LogP contribution in [-0.2, 0) is 7.05 Å². The summed E-state index contributed by atoms with van der Waals surface area (Å²) in [6, 6.07) is 0. The number of allylic oxidation sites excluding steroid dienone is 7. The van der Waals surface area contributed by atoms with Gasteiger partial charge in [-0.3, -0.25) is 4.68 Å². The Morgan fingerprint density at radius 2 is 2.23 bits per heavy atom. The molecule has 0 aliphatic carbocycles. The van der Waals surface area contributed by atoms with Crippen molar-refractivity contribution in [2.75, 3.05) is 13.1 Å². The van der Waals surface area contributed by atoms with E-state index >= 15 is 0 Å². The Morgan fingerprint density at radius 1 is 1.48 bits per heavy atom. The average molecular weight is 423 g/mol. The average Bonchev–Trinajstić information content (AvgIpc) is 3.37. The van der Waals surface area contributed by atoms with Crippen molar-refractivity contribution in [3.8, 4) is 0 Å². The van der Waals surface area contributed by atoms with E-state index in [0.29, 0.717) is 17.8 Å². The molecule has 31 heavy (non-hydrogen) atoms. The van der Waals surface area contributed by atoms with E-state index in [2.05, 4.69) is 28.1 Å². The molecule has 1 saturated heterocycles. The van der Waals surface area contributed by atoms with Crippen molar-refractivity contribution in [1.29, 1.82) is 5.41 Å². The van der Waals surface area contributed by atoms with Gasteiger partial charge in [0.05, 0.1) is 30.0 Å². The number of nitrogens with zero attached hydrogens (tertiary/aromatic N) is 4. The van der Waals surface area contributed by atoms with Gasteiger partial charge in [-0.25, -0.2) is 4.99 Å². The van der Waals surface area contributed by atoms with Crippen LogP contribution in [0.15, 0.2) is 71.8 Å². The number of aryl methyl sites for hydroxylation is 1. The number of nitrogens with one attached hydrogen (secondary N) is 1. The zero-order valence-electron chi connectivity index (χ0n) is 18.8. The number of rotatable bonds is 10. The topological polar surface area (TPSA) is 104 Å². The summed E-state index contributed by atoms with van der Waals surface area (Å²) in [7, 11) is 1.87. The number of hydrogen-bond donors (Lipinski definition) is 3. The van der Waals surface area contributed by atoms with Crippen LogP contribution in [0.1, 0.15) is 32.3 Å². The number of nitrogens with two attached hydrogens (primary N) is 1. The maximum atomic E-state index is 9.82. The summed E-state index contributed by atoms with van der Waals surface area (Å²) < 4.78 is 1.75. The van der Waals surface area contributed by atoms with Crippen molar-refractivity contribution in [3.05, 3.63) is 72.4 Å². The molecule has 0 spiro atoms. The Bertz CT molecular complexity index is 932. The molecule has 1 aliphatic heterocycles. The maximum Gasteiger partial charge on any atom is 0.0878 e. The van der Waals surface area contributed by atoms with Gasteiger partial charge in [0.1, 0.15) is 0 Å². The fourth-order valence-corrected chi connectivity index (χ4v) is 3.49. The van der Waals surface area contributed by atoms with Gasteiger partial charge in [0, 0.05) is 49.9 Å². The quantitative estimate of drug-likeness (QED) is 0.305. The number of aliphatic imine (C=N–C) groups is 1. The van der Waals surface area contributed by atoms with E-state index in [1.54, 1.807) is 23.0 Å². The highest BCUT2D eigenvalue weighted by Crippen LogP contribution is 2.24. The van der Waals surface area contributed by atoms with Crippen molar-refractivity contribution in [1.82, 2.24) is 14.7 Å². The summed E-state index contributed by atoms with van der Waals surface area (Å²) in [5, 5.41) is 22.5. The Morgan fingerprint density at radius 3 is 2.77 bits per heavy atom. The third kappa shape index (κ3) is 6.93. The number of aliphatic hydroxyl groups excluding tert-OH is 1. The van der Waals surface area contributed by atoms with E-state index in [0.717, 1.165) is 41.9 Å². The van der Waals surface area contributed by atoms with Crippen LogP contribution >= 0.6 is 0 Å². The van der Waals surface area contributed by atoms with Crippen molar-refractivity contribution >= 4 is 17.6 Å². The molecule has 166 valence electrons. The summed E-state index contributed by atoms with van der Waals surface area (Å²) in [4.78, 5) is 6.30. The van der Waals surface area contributed by atoms with E-state index in [-0.39, 0.29) is 12.0 Å². The maximum absolute atomic E-state index is 9.82. The normalized spacial score (nSPS) is 19.2. The summed E-state index contributed by atoms with van der Waals surface area (Å²) in [5.74, 6) is 0.238. The fourth-order valence-electron chi connectivity index (χ4n) is 3.49.